The fourth-order valence-electron chi connectivity index (χ4n) is 3.20. The van der Waals surface area contributed by atoms with Crippen LogP contribution < -0.4 is 10.9 Å². The Hall–Kier alpha value is -2.84. The third kappa shape index (κ3) is 2.93. The van der Waals surface area contributed by atoms with Gasteiger partial charge in [0.05, 0.1) is 11.9 Å². The van der Waals surface area contributed by atoms with E-state index in [1.165, 1.54) is 11.6 Å². The number of aromatic hydroxyl groups is 1. The Bertz CT molecular complexity index is 933. The van der Waals surface area contributed by atoms with E-state index in [0.29, 0.717) is 17.7 Å². The average Bonchev–Trinajstić information content (AvgIpc) is 2.95. The zero-order valence-corrected chi connectivity index (χ0v) is 14.0. The van der Waals surface area contributed by atoms with Crippen LogP contribution in [0.4, 0.5) is 18.9 Å². The van der Waals surface area contributed by atoms with Crippen molar-refractivity contribution in [1.82, 2.24) is 9.55 Å². The fraction of sp³-hybridized carbons (Fsp3) is 0.353. The first kappa shape index (κ1) is 18.0. The Morgan fingerprint density at radius 1 is 1.38 bits per heavy atom. The van der Waals surface area contributed by atoms with Gasteiger partial charge in [0.2, 0.25) is 0 Å². The number of aromatic nitrogens is 2. The SMILES string of the molecule is CC1CCc2c1c(O)c(C(=O)Nc1ccc(C(F)(F)F)nc1)c(=O)n2C. The van der Waals surface area contributed by atoms with E-state index < -0.39 is 28.9 Å². The van der Waals surface area contributed by atoms with Crippen molar-refractivity contribution in [2.45, 2.75) is 31.9 Å². The molecule has 26 heavy (non-hydrogen) atoms. The Morgan fingerprint density at radius 2 is 2.08 bits per heavy atom. The van der Waals surface area contributed by atoms with E-state index in [9.17, 15) is 27.9 Å². The molecule has 2 aromatic rings. The molecule has 1 unspecified atom stereocenters. The standard InChI is InChI=1S/C17H16F3N3O3/c1-8-3-5-10-12(8)14(24)13(16(26)23(10)2)15(25)22-9-4-6-11(21-7-9)17(18,19)20/h4,6-8,24H,3,5H2,1-2H3,(H,22,25). The van der Waals surface area contributed by atoms with Gasteiger partial charge in [-0.05, 0) is 30.9 Å². The number of carbonyl (C=O) groups is 1. The summed E-state index contributed by atoms with van der Waals surface area (Å²) in [6.45, 7) is 1.89. The zero-order valence-electron chi connectivity index (χ0n) is 14.0. The van der Waals surface area contributed by atoms with E-state index in [0.717, 1.165) is 24.8 Å². The number of alkyl halides is 3. The minimum Gasteiger partial charge on any atom is -0.507 e. The first-order valence-corrected chi connectivity index (χ1v) is 7.90. The quantitative estimate of drug-likeness (QED) is 0.855. The van der Waals surface area contributed by atoms with Crippen LogP contribution in [0.1, 0.15) is 46.6 Å². The monoisotopic (exact) mass is 367 g/mol. The lowest BCUT2D eigenvalue weighted by atomic mass is 10.0. The summed E-state index contributed by atoms with van der Waals surface area (Å²) >= 11 is 0. The summed E-state index contributed by atoms with van der Waals surface area (Å²) in [7, 11) is 1.52. The topological polar surface area (TPSA) is 84.2 Å². The highest BCUT2D eigenvalue weighted by molar-refractivity contribution is 6.06. The van der Waals surface area contributed by atoms with Gasteiger partial charge in [0.15, 0.2) is 0 Å². The summed E-state index contributed by atoms with van der Waals surface area (Å²) < 4.78 is 38.9. The minimum absolute atomic E-state index is 0.00362. The van der Waals surface area contributed by atoms with Crippen molar-refractivity contribution in [3.63, 3.8) is 0 Å². The molecule has 1 atom stereocenters. The van der Waals surface area contributed by atoms with Crippen molar-refractivity contribution in [1.29, 1.82) is 0 Å². The van der Waals surface area contributed by atoms with Crippen molar-refractivity contribution < 1.29 is 23.1 Å². The number of carbonyl (C=O) groups excluding carboxylic acids is 1. The van der Waals surface area contributed by atoms with Crippen LogP contribution in [0.3, 0.4) is 0 Å². The largest absolute Gasteiger partial charge is 0.507 e. The van der Waals surface area contributed by atoms with Crippen molar-refractivity contribution in [2.75, 3.05) is 5.32 Å². The molecule has 0 aromatic carbocycles. The van der Waals surface area contributed by atoms with Gasteiger partial charge >= 0.3 is 6.18 Å². The summed E-state index contributed by atoms with van der Waals surface area (Å²) in [5.74, 6) is -1.27. The highest BCUT2D eigenvalue weighted by atomic mass is 19.4. The molecular weight excluding hydrogens is 351 g/mol. The fourth-order valence-corrected chi connectivity index (χ4v) is 3.20. The predicted molar refractivity (Wildman–Crippen MR) is 87.3 cm³/mol. The molecular formula is C17H16F3N3O3. The average molecular weight is 367 g/mol. The number of pyridine rings is 2. The lowest BCUT2D eigenvalue weighted by Gasteiger charge is -2.15. The first-order chi connectivity index (χ1) is 12.1. The lowest BCUT2D eigenvalue weighted by Crippen LogP contribution is -2.30. The van der Waals surface area contributed by atoms with Gasteiger partial charge in [-0.25, -0.2) is 4.98 Å². The maximum Gasteiger partial charge on any atom is 0.433 e. The third-order valence-electron chi connectivity index (χ3n) is 4.57. The van der Waals surface area contributed by atoms with E-state index in [1.807, 2.05) is 6.92 Å². The minimum atomic E-state index is -4.59. The van der Waals surface area contributed by atoms with Crippen molar-refractivity contribution in [3.8, 4) is 5.75 Å². The first-order valence-electron chi connectivity index (χ1n) is 7.90. The highest BCUT2D eigenvalue weighted by Crippen LogP contribution is 2.39. The second-order valence-corrected chi connectivity index (χ2v) is 6.27. The van der Waals surface area contributed by atoms with E-state index in [1.54, 1.807) is 0 Å². The van der Waals surface area contributed by atoms with Crippen LogP contribution in [0.5, 0.6) is 5.75 Å². The maximum atomic E-state index is 12.5. The molecule has 138 valence electrons. The molecule has 6 nitrogen and oxygen atoms in total. The van der Waals surface area contributed by atoms with Crippen LogP contribution in [0, 0.1) is 0 Å². The van der Waals surface area contributed by atoms with Crippen LogP contribution >= 0.6 is 0 Å². The van der Waals surface area contributed by atoms with Crippen molar-refractivity contribution >= 4 is 11.6 Å². The summed E-state index contributed by atoms with van der Waals surface area (Å²) in [5, 5.41) is 12.8. The Balaban J connectivity index is 1.95. The van der Waals surface area contributed by atoms with Crippen LogP contribution in [0.2, 0.25) is 0 Å². The molecule has 0 spiro atoms. The summed E-state index contributed by atoms with van der Waals surface area (Å²) in [6, 6.07) is 1.75. The molecule has 0 fully saturated rings. The van der Waals surface area contributed by atoms with Crippen LogP contribution in [-0.2, 0) is 19.6 Å². The number of nitrogens with one attached hydrogen (secondary N) is 1. The molecule has 1 aliphatic carbocycles. The molecule has 0 saturated heterocycles. The van der Waals surface area contributed by atoms with Gasteiger partial charge in [-0.2, -0.15) is 13.2 Å². The summed E-state index contributed by atoms with van der Waals surface area (Å²) in [4.78, 5) is 28.2. The Morgan fingerprint density at radius 3 is 2.65 bits per heavy atom. The zero-order chi connectivity index (χ0) is 19.2. The van der Waals surface area contributed by atoms with E-state index in [4.69, 9.17) is 0 Å². The van der Waals surface area contributed by atoms with E-state index in [-0.39, 0.29) is 17.4 Å². The number of rotatable bonds is 2. The molecule has 0 radical (unpaired) electrons. The Labute approximate surface area is 146 Å². The second kappa shape index (κ2) is 6.15. The van der Waals surface area contributed by atoms with E-state index in [2.05, 4.69) is 10.3 Å². The highest BCUT2D eigenvalue weighted by Gasteiger charge is 2.33. The van der Waals surface area contributed by atoms with Gasteiger partial charge < -0.3 is 15.0 Å². The smallest absolute Gasteiger partial charge is 0.433 e. The number of hydrogen-bond donors (Lipinski definition) is 2. The normalized spacial score (nSPS) is 16.4. The van der Waals surface area contributed by atoms with Crippen LogP contribution in [0.15, 0.2) is 23.1 Å². The van der Waals surface area contributed by atoms with Gasteiger partial charge in [0, 0.05) is 18.3 Å². The van der Waals surface area contributed by atoms with Gasteiger partial charge in [0.25, 0.3) is 11.5 Å². The van der Waals surface area contributed by atoms with Crippen LogP contribution in [0.25, 0.3) is 0 Å². The summed E-state index contributed by atoms with van der Waals surface area (Å²) in [5.41, 5.74) is -0.957. The lowest BCUT2D eigenvalue weighted by molar-refractivity contribution is -0.141. The number of fused-ring (bicyclic) bond motifs is 1. The van der Waals surface area contributed by atoms with Gasteiger partial charge in [-0.3, -0.25) is 9.59 Å². The molecule has 0 aliphatic heterocycles. The number of anilines is 1. The van der Waals surface area contributed by atoms with Crippen molar-refractivity contribution in [3.05, 3.63) is 51.2 Å². The molecule has 1 amide bonds. The predicted octanol–water partition coefficient (Wildman–Crippen LogP) is 2.81. The van der Waals surface area contributed by atoms with Crippen molar-refractivity contribution in [2.24, 2.45) is 7.05 Å². The van der Waals surface area contributed by atoms with Gasteiger partial charge in [-0.1, -0.05) is 6.92 Å². The molecule has 9 heteroatoms. The molecule has 0 bridgehead atoms. The number of amides is 1. The summed E-state index contributed by atoms with van der Waals surface area (Å²) in [6.07, 6.45) is -2.37. The number of hydrogen-bond acceptors (Lipinski definition) is 4. The number of halogens is 3. The van der Waals surface area contributed by atoms with Gasteiger partial charge in [-0.15, -0.1) is 0 Å². The molecule has 0 saturated carbocycles. The third-order valence-corrected chi connectivity index (χ3v) is 4.57. The van der Waals surface area contributed by atoms with E-state index >= 15 is 0 Å². The van der Waals surface area contributed by atoms with Crippen LogP contribution in [-0.4, -0.2) is 20.6 Å². The molecule has 2 heterocycles. The number of nitrogens with zero attached hydrogens (tertiary/aromatic N) is 2. The second-order valence-electron chi connectivity index (χ2n) is 6.27. The Kier molecular flexibility index (Phi) is 4.25. The van der Waals surface area contributed by atoms with Gasteiger partial charge in [0.1, 0.15) is 17.0 Å². The molecule has 2 aromatic heterocycles. The molecule has 3 rings (SSSR count). The molecule has 2 N–H and O–H groups in total. The molecule has 1 aliphatic rings. The maximum absolute atomic E-state index is 12.5.